The Labute approximate surface area is 242 Å². The summed E-state index contributed by atoms with van der Waals surface area (Å²) in [7, 11) is 0. The molecule has 0 saturated heterocycles. The average molecular weight is 547 g/mol. The van der Waals surface area contributed by atoms with Crippen LogP contribution in [0.15, 0.2) is 97.1 Å². The van der Waals surface area contributed by atoms with Crippen LogP contribution in [0.25, 0.3) is 16.3 Å². The molecule has 210 valence electrons. The topological polar surface area (TPSA) is 59.6 Å². The summed E-state index contributed by atoms with van der Waals surface area (Å²) in [6.07, 6.45) is 8.97. The van der Waals surface area contributed by atoms with Crippen molar-refractivity contribution in [1.29, 1.82) is 0 Å². The van der Waals surface area contributed by atoms with Crippen molar-refractivity contribution in [3.8, 4) is 11.5 Å². The molecule has 1 aliphatic rings. The summed E-state index contributed by atoms with van der Waals surface area (Å²) < 4.78 is 12.8. The lowest BCUT2D eigenvalue weighted by Gasteiger charge is -2.17. The summed E-state index contributed by atoms with van der Waals surface area (Å²) in [5.74, 6) is 1.52. The molecule has 2 N–H and O–H groups in total. The molecule has 0 aliphatic heterocycles. The normalized spacial score (nSPS) is 12.7. The largest absolute Gasteiger partial charge is 0.489 e. The number of allylic oxidation sites excluding steroid dienone is 4. The average Bonchev–Trinajstić information content (AvgIpc) is 3.00. The van der Waals surface area contributed by atoms with E-state index in [0.717, 1.165) is 35.5 Å². The van der Waals surface area contributed by atoms with E-state index in [9.17, 15) is 4.79 Å². The maximum Gasteiger partial charge on any atom is 0.216 e. The first-order chi connectivity index (χ1) is 20.1. The molecule has 0 heterocycles. The number of hydrogen-bond donors (Lipinski definition) is 2. The highest BCUT2D eigenvalue weighted by Crippen LogP contribution is 2.30. The van der Waals surface area contributed by atoms with E-state index in [2.05, 4.69) is 103 Å². The van der Waals surface area contributed by atoms with E-state index in [1.54, 1.807) is 0 Å². The van der Waals surface area contributed by atoms with Crippen molar-refractivity contribution < 1.29 is 14.3 Å². The number of amides is 1. The maximum atomic E-state index is 11.2. The molecular formula is C36H38N2O3. The second kappa shape index (κ2) is 13.8. The number of nitrogens with one attached hydrogen (secondary N) is 2. The van der Waals surface area contributed by atoms with Crippen molar-refractivity contribution in [2.45, 2.75) is 46.4 Å². The third-order valence-corrected chi connectivity index (χ3v) is 7.44. The van der Waals surface area contributed by atoms with Gasteiger partial charge in [0.1, 0.15) is 24.7 Å². The summed E-state index contributed by atoms with van der Waals surface area (Å²) in [6.45, 7) is 6.50. The van der Waals surface area contributed by atoms with Gasteiger partial charge in [-0.3, -0.25) is 4.79 Å². The monoisotopic (exact) mass is 546 g/mol. The lowest BCUT2D eigenvalue weighted by atomic mass is 9.93. The number of carbonyl (C=O) groups is 1. The minimum Gasteiger partial charge on any atom is -0.489 e. The molecule has 4 aromatic rings. The lowest BCUT2D eigenvalue weighted by molar-refractivity contribution is -0.118. The fourth-order valence-electron chi connectivity index (χ4n) is 5.16. The van der Waals surface area contributed by atoms with Gasteiger partial charge in [-0.2, -0.15) is 0 Å². The smallest absolute Gasteiger partial charge is 0.216 e. The Morgan fingerprint density at radius 1 is 0.829 bits per heavy atom. The standard InChI is InChI=1S/C36H38N2O3/c1-26-31(14-9-17-34(26)28-10-4-3-5-11-28)24-40-33-19-18-30(23-37-20-21-38-27(2)39)36(22-33)41-25-32-15-8-13-29-12-6-7-16-35(29)32/h4,6-19,22,37H,3,5,20-21,23-25H2,1-2H3,(H,38,39). The van der Waals surface area contributed by atoms with Crippen LogP contribution in [0.3, 0.4) is 0 Å². The van der Waals surface area contributed by atoms with Gasteiger partial charge in [-0.05, 0) is 64.4 Å². The van der Waals surface area contributed by atoms with Crippen molar-refractivity contribution in [1.82, 2.24) is 10.6 Å². The zero-order valence-electron chi connectivity index (χ0n) is 23.9. The van der Waals surface area contributed by atoms with Crippen LogP contribution in [0.2, 0.25) is 0 Å². The fraction of sp³-hybridized carbons (Fsp3) is 0.250. The van der Waals surface area contributed by atoms with Crippen LogP contribution in [-0.4, -0.2) is 19.0 Å². The first kappa shape index (κ1) is 28.2. The lowest BCUT2D eigenvalue weighted by Crippen LogP contribution is -2.30. The maximum absolute atomic E-state index is 11.2. The highest BCUT2D eigenvalue weighted by molar-refractivity contribution is 5.85. The molecule has 41 heavy (non-hydrogen) atoms. The van der Waals surface area contributed by atoms with Crippen molar-refractivity contribution in [2.24, 2.45) is 0 Å². The quantitative estimate of drug-likeness (QED) is 0.184. The molecule has 0 fully saturated rings. The predicted molar refractivity (Wildman–Crippen MR) is 167 cm³/mol. The van der Waals surface area contributed by atoms with Gasteiger partial charge < -0.3 is 20.1 Å². The van der Waals surface area contributed by atoms with E-state index < -0.39 is 0 Å². The molecule has 5 nitrogen and oxygen atoms in total. The molecule has 0 unspecified atom stereocenters. The molecule has 0 aromatic heterocycles. The van der Waals surface area contributed by atoms with Crippen molar-refractivity contribution in [2.75, 3.05) is 13.1 Å². The van der Waals surface area contributed by atoms with Crippen LogP contribution in [0.1, 0.15) is 47.6 Å². The van der Waals surface area contributed by atoms with Crippen molar-refractivity contribution in [3.63, 3.8) is 0 Å². The van der Waals surface area contributed by atoms with Crippen molar-refractivity contribution in [3.05, 3.63) is 125 Å². The summed E-state index contributed by atoms with van der Waals surface area (Å²) in [5, 5.41) is 8.61. The Kier molecular flexibility index (Phi) is 9.50. The van der Waals surface area contributed by atoms with Crippen LogP contribution in [0, 0.1) is 6.92 Å². The SMILES string of the molecule is CC(=O)NCCNCc1ccc(OCc2cccc(C3=CCCC=C3)c2C)cc1OCc1cccc2ccccc12. The summed E-state index contributed by atoms with van der Waals surface area (Å²) in [4.78, 5) is 11.2. The number of ether oxygens (including phenoxy) is 2. The molecule has 0 bridgehead atoms. The van der Waals surface area contributed by atoms with E-state index in [1.165, 1.54) is 40.0 Å². The number of rotatable bonds is 12. The van der Waals surface area contributed by atoms with E-state index >= 15 is 0 Å². The second-order valence-corrected chi connectivity index (χ2v) is 10.4. The Bertz CT molecular complexity index is 1570. The van der Waals surface area contributed by atoms with Gasteiger partial charge in [-0.15, -0.1) is 0 Å². The summed E-state index contributed by atoms with van der Waals surface area (Å²) >= 11 is 0. The second-order valence-electron chi connectivity index (χ2n) is 10.4. The molecule has 1 amide bonds. The van der Waals surface area contributed by atoms with E-state index in [0.29, 0.717) is 32.8 Å². The van der Waals surface area contributed by atoms with Gasteiger partial charge in [0.05, 0.1) is 0 Å². The van der Waals surface area contributed by atoms with Gasteiger partial charge in [-0.1, -0.05) is 85.0 Å². The summed E-state index contributed by atoms with van der Waals surface area (Å²) in [5.41, 5.74) is 7.14. The Balaban J connectivity index is 1.32. The molecule has 0 atom stereocenters. The minimum absolute atomic E-state index is 0.0277. The number of hydrogen-bond acceptors (Lipinski definition) is 4. The number of fused-ring (bicyclic) bond motifs is 1. The summed E-state index contributed by atoms with van der Waals surface area (Å²) in [6, 6.07) is 27.1. The van der Waals surface area contributed by atoms with Gasteiger partial charge in [0, 0.05) is 38.2 Å². The zero-order valence-corrected chi connectivity index (χ0v) is 23.9. The van der Waals surface area contributed by atoms with E-state index in [1.807, 2.05) is 12.1 Å². The van der Waals surface area contributed by atoms with Crippen LogP contribution in [0.4, 0.5) is 0 Å². The third-order valence-electron chi connectivity index (χ3n) is 7.44. The first-order valence-electron chi connectivity index (χ1n) is 14.3. The molecular weight excluding hydrogens is 508 g/mol. The Hall–Kier alpha value is -4.35. The number of benzene rings is 4. The van der Waals surface area contributed by atoms with Gasteiger partial charge in [-0.25, -0.2) is 0 Å². The molecule has 0 saturated carbocycles. The van der Waals surface area contributed by atoms with E-state index in [4.69, 9.17) is 9.47 Å². The molecule has 5 heteroatoms. The predicted octanol–water partition coefficient (Wildman–Crippen LogP) is 7.27. The van der Waals surface area contributed by atoms with Gasteiger partial charge >= 0.3 is 0 Å². The van der Waals surface area contributed by atoms with Gasteiger partial charge in [0.25, 0.3) is 0 Å². The Morgan fingerprint density at radius 2 is 1.63 bits per heavy atom. The van der Waals surface area contributed by atoms with Gasteiger partial charge in [0.2, 0.25) is 5.91 Å². The fourth-order valence-corrected chi connectivity index (χ4v) is 5.16. The number of carbonyl (C=O) groups excluding carboxylic acids is 1. The minimum atomic E-state index is -0.0277. The molecule has 4 aromatic carbocycles. The highest BCUT2D eigenvalue weighted by Gasteiger charge is 2.12. The molecule has 0 radical (unpaired) electrons. The molecule has 0 spiro atoms. The highest BCUT2D eigenvalue weighted by atomic mass is 16.5. The van der Waals surface area contributed by atoms with Crippen LogP contribution in [0.5, 0.6) is 11.5 Å². The van der Waals surface area contributed by atoms with Crippen LogP contribution < -0.4 is 20.1 Å². The first-order valence-corrected chi connectivity index (χ1v) is 14.3. The van der Waals surface area contributed by atoms with E-state index in [-0.39, 0.29) is 5.91 Å². The van der Waals surface area contributed by atoms with Crippen LogP contribution >= 0.6 is 0 Å². The Morgan fingerprint density at radius 3 is 2.49 bits per heavy atom. The third kappa shape index (κ3) is 7.44. The molecule has 1 aliphatic carbocycles. The molecule has 5 rings (SSSR count). The van der Waals surface area contributed by atoms with Gasteiger partial charge in [0.15, 0.2) is 0 Å². The zero-order chi connectivity index (χ0) is 28.4. The van der Waals surface area contributed by atoms with Crippen molar-refractivity contribution >= 4 is 22.3 Å². The van der Waals surface area contributed by atoms with Crippen LogP contribution in [-0.2, 0) is 24.6 Å².